The van der Waals surface area contributed by atoms with Gasteiger partial charge in [0, 0.05) is 4.47 Å². The van der Waals surface area contributed by atoms with Crippen LogP contribution in [0, 0.1) is 0 Å². The van der Waals surface area contributed by atoms with Crippen molar-refractivity contribution >= 4 is 39.0 Å². The fraction of sp³-hybridized carbons (Fsp3) is 0. The normalized spacial score (nSPS) is 10.1. The maximum Gasteiger partial charge on any atom is 0.250 e. The summed E-state index contributed by atoms with van der Waals surface area (Å²) in [6.45, 7) is 0. The number of hydrogen-bond acceptors (Lipinski definition) is 4. The van der Waals surface area contributed by atoms with Crippen LogP contribution in [0.15, 0.2) is 41.0 Å². The minimum Gasteiger partial charge on any atom is -0.397 e. The minimum atomic E-state index is -0.579. The molecule has 0 aliphatic rings. The molecule has 0 saturated carbocycles. The van der Waals surface area contributed by atoms with Gasteiger partial charge in [-0.1, -0.05) is 12.1 Å². The Bertz CT molecular complexity index is 600. The molecule has 1 aromatic heterocycles. The summed E-state index contributed by atoms with van der Waals surface area (Å²) in [5.74, 6) is -0.0741. The molecule has 0 aliphatic heterocycles. The van der Waals surface area contributed by atoms with Crippen molar-refractivity contribution in [3.63, 3.8) is 0 Å². The Morgan fingerprint density at radius 1 is 1.33 bits per heavy atom. The van der Waals surface area contributed by atoms with E-state index >= 15 is 0 Å². The first-order chi connectivity index (χ1) is 8.58. The van der Waals surface area contributed by atoms with Gasteiger partial charge in [-0.2, -0.15) is 0 Å². The van der Waals surface area contributed by atoms with Gasteiger partial charge in [0.1, 0.15) is 5.82 Å². The summed E-state index contributed by atoms with van der Waals surface area (Å²) >= 11 is 3.41. The van der Waals surface area contributed by atoms with Gasteiger partial charge in [-0.05, 0) is 34.1 Å². The van der Waals surface area contributed by atoms with Crippen LogP contribution in [0.2, 0.25) is 0 Å². The highest BCUT2D eigenvalue weighted by atomic mass is 79.9. The summed E-state index contributed by atoms with van der Waals surface area (Å²) in [6, 6.07) is 9.09. The zero-order valence-corrected chi connectivity index (χ0v) is 10.9. The van der Waals surface area contributed by atoms with E-state index in [4.69, 9.17) is 11.5 Å². The summed E-state index contributed by atoms with van der Waals surface area (Å²) < 4.78 is 0.893. The molecule has 0 fully saturated rings. The molecule has 5 nitrogen and oxygen atoms in total. The van der Waals surface area contributed by atoms with E-state index in [1.165, 1.54) is 12.3 Å². The summed E-state index contributed by atoms with van der Waals surface area (Å²) in [5, 5.41) is 3.07. The number of pyridine rings is 1. The third-order valence-electron chi connectivity index (χ3n) is 2.34. The Hall–Kier alpha value is -2.08. The lowest BCUT2D eigenvalue weighted by Gasteiger charge is -2.09. The highest BCUT2D eigenvalue weighted by Crippen LogP contribution is 2.25. The second-order valence-electron chi connectivity index (χ2n) is 3.63. The number of rotatable bonds is 3. The largest absolute Gasteiger partial charge is 0.397 e. The minimum absolute atomic E-state index is 0.250. The molecule has 2 rings (SSSR count). The molecule has 0 bridgehead atoms. The van der Waals surface area contributed by atoms with Gasteiger partial charge < -0.3 is 16.8 Å². The number of benzene rings is 1. The molecule has 1 aromatic carbocycles. The zero-order valence-electron chi connectivity index (χ0n) is 9.35. The summed E-state index contributed by atoms with van der Waals surface area (Å²) in [4.78, 5) is 15.3. The third kappa shape index (κ3) is 2.60. The number of hydrogen-bond donors (Lipinski definition) is 3. The molecule has 5 N–H and O–H groups in total. The van der Waals surface area contributed by atoms with Crippen LogP contribution in [-0.4, -0.2) is 10.9 Å². The van der Waals surface area contributed by atoms with E-state index in [-0.39, 0.29) is 11.3 Å². The number of amides is 1. The summed E-state index contributed by atoms with van der Waals surface area (Å²) in [5.41, 5.74) is 12.2. The van der Waals surface area contributed by atoms with Crippen molar-refractivity contribution in [1.82, 2.24) is 4.98 Å². The number of nitrogens with one attached hydrogen (secondary N) is 1. The predicted octanol–water partition coefficient (Wildman–Crippen LogP) is 2.27. The third-order valence-corrected chi connectivity index (χ3v) is 3.03. The van der Waals surface area contributed by atoms with Crippen molar-refractivity contribution in [2.75, 3.05) is 11.1 Å². The van der Waals surface area contributed by atoms with Gasteiger partial charge in [0.25, 0.3) is 5.91 Å². The number of para-hydroxylation sites is 1. The Morgan fingerprint density at radius 3 is 2.72 bits per heavy atom. The average molecular weight is 307 g/mol. The molecule has 0 saturated heterocycles. The van der Waals surface area contributed by atoms with E-state index in [1.54, 1.807) is 0 Å². The number of nitrogen functional groups attached to an aromatic ring is 1. The van der Waals surface area contributed by atoms with E-state index in [1.807, 2.05) is 24.3 Å². The number of nitrogens with zero attached hydrogens (tertiary/aromatic N) is 1. The molecule has 0 radical (unpaired) electrons. The van der Waals surface area contributed by atoms with Gasteiger partial charge in [-0.15, -0.1) is 0 Å². The first-order valence-corrected chi connectivity index (χ1v) is 5.94. The van der Waals surface area contributed by atoms with Crippen molar-refractivity contribution in [3.8, 4) is 0 Å². The molecular weight excluding hydrogens is 296 g/mol. The number of anilines is 3. The summed E-state index contributed by atoms with van der Waals surface area (Å²) in [6.07, 6.45) is 1.40. The molecule has 1 heterocycles. The maximum absolute atomic E-state index is 11.2. The highest BCUT2D eigenvalue weighted by Gasteiger charge is 2.08. The molecule has 92 valence electrons. The van der Waals surface area contributed by atoms with E-state index in [0.29, 0.717) is 5.82 Å². The Balaban J connectivity index is 2.33. The predicted molar refractivity (Wildman–Crippen MR) is 74.6 cm³/mol. The van der Waals surface area contributed by atoms with Crippen LogP contribution < -0.4 is 16.8 Å². The molecule has 0 unspecified atom stereocenters. The molecule has 0 aliphatic carbocycles. The van der Waals surface area contributed by atoms with Crippen LogP contribution in [0.1, 0.15) is 10.4 Å². The van der Waals surface area contributed by atoms with Crippen molar-refractivity contribution in [3.05, 3.63) is 46.6 Å². The summed E-state index contributed by atoms with van der Waals surface area (Å²) in [7, 11) is 0. The van der Waals surface area contributed by atoms with Crippen LogP contribution in [0.5, 0.6) is 0 Å². The van der Waals surface area contributed by atoms with Crippen molar-refractivity contribution in [2.45, 2.75) is 0 Å². The lowest BCUT2D eigenvalue weighted by molar-refractivity contribution is 0.100. The lowest BCUT2D eigenvalue weighted by atomic mass is 10.2. The van der Waals surface area contributed by atoms with Gasteiger partial charge >= 0.3 is 0 Å². The van der Waals surface area contributed by atoms with Gasteiger partial charge in [0.05, 0.1) is 23.1 Å². The number of primary amides is 1. The fourth-order valence-electron chi connectivity index (χ4n) is 1.45. The van der Waals surface area contributed by atoms with Gasteiger partial charge in [-0.25, -0.2) is 4.98 Å². The van der Waals surface area contributed by atoms with Crippen molar-refractivity contribution in [2.24, 2.45) is 5.73 Å². The smallest absolute Gasteiger partial charge is 0.250 e. The van der Waals surface area contributed by atoms with E-state index in [9.17, 15) is 4.79 Å². The van der Waals surface area contributed by atoms with Crippen LogP contribution in [0.4, 0.5) is 17.2 Å². The molecule has 1 amide bonds. The second-order valence-corrected chi connectivity index (χ2v) is 4.48. The molecular formula is C12H11BrN4O. The van der Waals surface area contributed by atoms with E-state index in [2.05, 4.69) is 26.2 Å². The lowest BCUT2D eigenvalue weighted by Crippen LogP contribution is -2.14. The first kappa shape index (κ1) is 12.4. The molecule has 6 heteroatoms. The maximum atomic E-state index is 11.2. The topological polar surface area (TPSA) is 94.0 Å². The average Bonchev–Trinajstić information content (AvgIpc) is 2.34. The van der Waals surface area contributed by atoms with E-state index < -0.39 is 5.91 Å². The molecule has 18 heavy (non-hydrogen) atoms. The van der Waals surface area contributed by atoms with Crippen molar-refractivity contribution in [1.29, 1.82) is 0 Å². The first-order valence-electron chi connectivity index (χ1n) is 5.15. The molecule has 2 aromatic rings. The standard InChI is InChI=1S/C12H11BrN4O/c13-8-3-1-2-4-10(8)17-11-5-7(12(15)18)9(14)6-16-11/h1-6H,14H2,(H2,15,18)(H,16,17). The number of halogens is 1. The van der Waals surface area contributed by atoms with Crippen LogP contribution in [-0.2, 0) is 0 Å². The Labute approximate surface area is 112 Å². The van der Waals surface area contributed by atoms with Crippen LogP contribution in [0.25, 0.3) is 0 Å². The van der Waals surface area contributed by atoms with Crippen molar-refractivity contribution < 1.29 is 4.79 Å². The monoisotopic (exact) mass is 306 g/mol. The number of carbonyl (C=O) groups excluding carboxylic acids is 1. The van der Waals surface area contributed by atoms with Gasteiger partial charge in [0.2, 0.25) is 0 Å². The second kappa shape index (κ2) is 5.05. The Kier molecular flexibility index (Phi) is 3.47. The molecule has 0 atom stereocenters. The SMILES string of the molecule is NC(=O)c1cc(Nc2ccccc2Br)ncc1N. The number of nitrogens with two attached hydrogens (primary N) is 2. The number of aromatic nitrogens is 1. The van der Waals surface area contributed by atoms with Gasteiger partial charge in [-0.3, -0.25) is 4.79 Å². The molecule has 0 spiro atoms. The van der Waals surface area contributed by atoms with E-state index in [0.717, 1.165) is 10.2 Å². The zero-order chi connectivity index (χ0) is 13.1. The van der Waals surface area contributed by atoms with Crippen LogP contribution >= 0.6 is 15.9 Å². The fourth-order valence-corrected chi connectivity index (χ4v) is 1.83. The Morgan fingerprint density at radius 2 is 2.06 bits per heavy atom. The quantitative estimate of drug-likeness (QED) is 0.810. The highest BCUT2D eigenvalue weighted by molar-refractivity contribution is 9.10. The van der Waals surface area contributed by atoms with Crippen LogP contribution in [0.3, 0.4) is 0 Å². The number of carbonyl (C=O) groups is 1. The van der Waals surface area contributed by atoms with Gasteiger partial charge in [0.15, 0.2) is 0 Å².